The summed E-state index contributed by atoms with van der Waals surface area (Å²) in [6.07, 6.45) is 5.69. The molecule has 0 amide bonds. The van der Waals surface area contributed by atoms with Gasteiger partial charge < -0.3 is 10.1 Å². The normalized spacial score (nSPS) is 20.9. The molecule has 0 bridgehead atoms. The molecular weight excluding hydrogens is 226 g/mol. The standard InChI is InChI=1S/C11H16ClN3O/c12-11-10(14-4-5-15-11)8-16-7-9-2-1-3-13-6-9/h4-5,9,13H,1-3,6-8H2. The van der Waals surface area contributed by atoms with Gasteiger partial charge in [-0.2, -0.15) is 0 Å². The average Bonchev–Trinajstić information content (AvgIpc) is 2.33. The van der Waals surface area contributed by atoms with E-state index in [1.54, 1.807) is 12.4 Å². The number of halogens is 1. The van der Waals surface area contributed by atoms with Crippen LogP contribution in [0, 0.1) is 5.92 Å². The van der Waals surface area contributed by atoms with E-state index in [9.17, 15) is 0 Å². The van der Waals surface area contributed by atoms with Gasteiger partial charge in [0.05, 0.1) is 13.2 Å². The fourth-order valence-corrected chi connectivity index (χ4v) is 1.99. The quantitative estimate of drug-likeness (QED) is 0.871. The van der Waals surface area contributed by atoms with Crippen molar-refractivity contribution < 1.29 is 4.74 Å². The molecule has 1 aromatic rings. The first-order valence-electron chi connectivity index (χ1n) is 5.60. The topological polar surface area (TPSA) is 47.0 Å². The molecule has 1 aromatic heterocycles. The Morgan fingerprint density at radius 1 is 1.44 bits per heavy atom. The van der Waals surface area contributed by atoms with Crippen molar-refractivity contribution in [3.63, 3.8) is 0 Å². The molecule has 5 heteroatoms. The van der Waals surface area contributed by atoms with E-state index in [1.165, 1.54) is 12.8 Å². The Balaban J connectivity index is 1.73. The second-order valence-corrected chi connectivity index (χ2v) is 4.38. The minimum absolute atomic E-state index is 0.435. The molecule has 0 aliphatic carbocycles. The Kier molecular flexibility index (Phi) is 4.51. The lowest BCUT2D eigenvalue weighted by Gasteiger charge is -2.22. The zero-order valence-electron chi connectivity index (χ0n) is 9.16. The highest BCUT2D eigenvalue weighted by Crippen LogP contribution is 2.13. The van der Waals surface area contributed by atoms with Gasteiger partial charge in [-0.1, -0.05) is 11.6 Å². The molecule has 1 aliphatic rings. The number of aromatic nitrogens is 2. The van der Waals surface area contributed by atoms with Crippen LogP contribution in [0.5, 0.6) is 0 Å². The summed E-state index contributed by atoms with van der Waals surface area (Å²) in [6, 6.07) is 0. The number of hydrogen-bond donors (Lipinski definition) is 1. The molecule has 16 heavy (non-hydrogen) atoms. The van der Waals surface area contributed by atoms with E-state index in [4.69, 9.17) is 16.3 Å². The number of piperidine rings is 1. The van der Waals surface area contributed by atoms with E-state index in [2.05, 4.69) is 15.3 Å². The van der Waals surface area contributed by atoms with Crippen molar-refractivity contribution in [2.75, 3.05) is 19.7 Å². The van der Waals surface area contributed by atoms with Crippen LogP contribution in [-0.2, 0) is 11.3 Å². The third-order valence-corrected chi connectivity index (χ3v) is 3.03. The van der Waals surface area contributed by atoms with E-state index in [0.717, 1.165) is 19.7 Å². The van der Waals surface area contributed by atoms with E-state index in [-0.39, 0.29) is 0 Å². The molecule has 1 N–H and O–H groups in total. The molecule has 1 aliphatic heterocycles. The average molecular weight is 242 g/mol. The van der Waals surface area contributed by atoms with Crippen LogP contribution in [0.1, 0.15) is 18.5 Å². The van der Waals surface area contributed by atoms with Gasteiger partial charge in [-0.15, -0.1) is 0 Å². The summed E-state index contributed by atoms with van der Waals surface area (Å²) in [4.78, 5) is 8.08. The molecule has 1 fully saturated rings. The van der Waals surface area contributed by atoms with Gasteiger partial charge in [0.25, 0.3) is 0 Å². The molecule has 0 aromatic carbocycles. The van der Waals surface area contributed by atoms with Crippen molar-refractivity contribution in [1.29, 1.82) is 0 Å². The smallest absolute Gasteiger partial charge is 0.152 e. The maximum atomic E-state index is 5.88. The minimum Gasteiger partial charge on any atom is -0.375 e. The third kappa shape index (κ3) is 3.40. The number of hydrogen-bond acceptors (Lipinski definition) is 4. The van der Waals surface area contributed by atoms with Gasteiger partial charge in [0, 0.05) is 18.9 Å². The van der Waals surface area contributed by atoms with Crippen LogP contribution in [0.3, 0.4) is 0 Å². The molecule has 1 saturated heterocycles. The third-order valence-electron chi connectivity index (χ3n) is 2.71. The van der Waals surface area contributed by atoms with Crippen molar-refractivity contribution in [3.05, 3.63) is 23.2 Å². The van der Waals surface area contributed by atoms with Crippen molar-refractivity contribution in [1.82, 2.24) is 15.3 Å². The van der Waals surface area contributed by atoms with Crippen molar-refractivity contribution >= 4 is 11.6 Å². The first-order valence-corrected chi connectivity index (χ1v) is 5.98. The minimum atomic E-state index is 0.435. The molecule has 4 nitrogen and oxygen atoms in total. The summed E-state index contributed by atoms with van der Waals surface area (Å²) in [5, 5.41) is 3.80. The van der Waals surface area contributed by atoms with Gasteiger partial charge in [-0.3, -0.25) is 4.98 Å². The Morgan fingerprint density at radius 2 is 2.31 bits per heavy atom. The van der Waals surface area contributed by atoms with Crippen LogP contribution in [0.25, 0.3) is 0 Å². The Hall–Kier alpha value is -0.710. The van der Waals surface area contributed by atoms with Crippen molar-refractivity contribution in [2.24, 2.45) is 5.92 Å². The van der Waals surface area contributed by atoms with Gasteiger partial charge in [0.2, 0.25) is 0 Å². The van der Waals surface area contributed by atoms with Gasteiger partial charge >= 0.3 is 0 Å². The Bertz CT molecular complexity index is 329. The molecular formula is C11H16ClN3O. The first kappa shape index (κ1) is 11.8. The maximum absolute atomic E-state index is 5.88. The zero-order valence-corrected chi connectivity index (χ0v) is 9.91. The first-order chi connectivity index (χ1) is 7.86. The molecule has 0 radical (unpaired) electrons. The van der Waals surface area contributed by atoms with Crippen LogP contribution in [0.15, 0.2) is 12.4 Å². The number of ether oxygens (including phenoxy) is 1. The van der Waals surface area contributed by atoms with Crippen molar-refractivity contribution in [2.45, 2.75) is 19.4 Å². The van der Waals surface area contributed by atoms with Crippen LogP contribution >= 0.6 is 11.6 Å². The summed E-state index contributed by atoms with van der Waals surface area (Å²) in [5.41, 5.74) is 0.716. The second-order valence-electron chi connectivity index (χ2n) is 4.02. The Morgan fingerprint density at radius 3 is 3.06 bits per heavy atom. The summed E-state index contributed by atoms with van der Waals surface area (Å²) in [7, 11) is 0. The van der Waals surface area contributed by atoms with Gasteiger partial charge in [0.1, 0.15) is 5.69 Å². The summed E-state index contributed by atoms with van der Waals surface area (Å²) < 4.78 is 5.61. The number of nitrogens with zero attached hydrogens (tertiary/aromatic N) is 2. The van der Waals surface area contributed by atoms with E-state index >= 15 is 0 Å². The predicted molar refractivity (Wildman–Crippen MR) is 62.3 cm³/mol. The van der Waals surface area contributed by atoms with Crippen LogP contribution in [0.4, 0.5) is 0 Å². The highest BCUT2D eigenvalue weighted by molar-refractivity contribution is 6.29. The second kappa shape index (κ2) is 6.13. The van der Waals surface area contributed by atoms with E-state index < -0.39 is 0 Å². The number of rotatable bonds is 4. The number of nitrogens with one attached hydrogen (secondary N) is 1. The lowest BCUT2D eigenvalue weighted by Crippen LogP contribution is -2.32. The Labute approximate surface area is 100 Å². The molecule has 0 spiro atoms. The predicted octanol–water partition coefficient (Wildman–Crippen LogP) is 1.65. The van der Waals surface area contributed by atoms with Gasteiger partial charge in [-0.05, 0) is 25.3 Å². The van der Waals surface area contributed by atoms with E-state index in [1.807, 2.05) is 0 Å². The summed E-state index contributed by atoms with van der Waals surface area (Å²) >= 11 is 5.88. The molecule has 1 unspecified atom stereocenters. The summed E-state index contributed by atoms with van der Waals surface area (Å²) in [6.45, 7) is 3.39. The van der Waals surface area contributed by atoms with Crippen LogP contribution in [0.2, 0.25) is 5.15 Å². The lowest BCUT2D eigenvalue weighted by atomic mass is 10.0. The molecule has 1 atom stereocenters. The lowest BCUT2D eigenvalue weighted by molar-refractivity contribution is 0.0762. The van der Waals surface area contributed by atoms with Crippen molar-refractivity contribution in [3.8, 4) is 0 Å². The molecule has 88 valence electrons. The fourth-order valence-electron chi connectivity index (χ4n) is 1.84. The maximum Gasteiger partial charge on any atom is 0.152 e. The highest BCUT2D eigenvalue weighted by Gasteiger charge is 2.13. The monoisotopic (exact) mass is 241 g/mol. The molecule has 0 saturated carbocycles. The van der Waals surface area contributed by atoms with Crippen LogP contribution < -0.4 is 5.32 Å². The highest BCUT2D eigenvalue weighted by atomic mass is 35.5. The SMILES string of the molecule is Clc1nccnc1COCC1CCCNC1. The van der Waals surface area contributed by atoms with Gasteiger partial charge in [-0.25, -0.2) is 4.98 Å². The van der Waals surface area contributed by atoms with Gasteiger partial charge in [0.15, 0.2) is 5.15 Å². The largest absolute Gasteiger partial charge is 0.375 e. The van der Waals surface area contributed by atoms with Crippen LogP contribution in [-0.4, -0.2) is 29.7 Å². The molecule has 2 heterocycles. The van der Waals surface area contributed by atoms with E-state index in [0.29, 0.717) is 23.4 Å². The molecule has 2 rings (SSSR count). The summed E-state index contributed by atoms with van der Waals surface area (Å²) in [5.74, 6) is 0.615. The fraction of sp³-hybridized carbons (Fsp3) is 0.636. The zero-order chi connectivity index (χ0) is 11.2.